The number of ketones is 1. The number of aromatic nitrogens is 5. The van der Waals surface area contributed by atoms with Crippen LogP contribution in [0.15, 0.2) is 24.4 Å². The van der Waals surface area contributed by atoms with Crippen molar-refractivity contribution in [3.05, 3.63) is 47.2 Å². The molecule has 0 bridgehead atoms. The van der Waals surface area contributed by atoms with Crippen molar-refractivity contribution >= 4 is 17.3 Å². The predicted octanol–water partition coefficient (Wildman–Crippen LogP) is 1.14. The normalized spacial score (nSPS) is 12.3. The van der Waals surface area contributed by atoms with Crippen LogP contribution in [0.4, 0.5) is 0 Å². The maximum absolute atomic E-state index is 12.5. The van der Waals surface area contributed by atoms with Gasteiger partial charge in [0, 0.05) is 18.9 Å². The molecule has 0 spiro atoms. The lowest BCUT2D eigenvalue weighted by molar-refractivity contribution is -0.117. The molecule has 8 nitrogen and oxygen atoms in total. The van der Waals surface area contributed by atoms with Gasteiger partial charge in [-0.15, -0.1) is 10.2 Å². The summed E-state index contributed by atoms with van der Waals surface area (Å²) in [5.41, 5.74) is 2.22. The van der Waals surface area contributed by atoms with E-state index in [0.29, 0.717) is 28.4 Å². The summed E-state index contributed by atoms with van der Waals surface area (Å²) in [6.07, 6.45) is 1.81. The minimum atomic E-state index is -0.686. The van der Waals surface area contributed by atoms with Crippen LogP contribution in [0.2, 0.25) is 0 Å². The van der Waals surface area contributed by atoms with Gasteiger partial charge < -0.3 is 5.32 Å². The molecule has 0 radical (unpaired) electrons. The Morgan fingerprint density at radius 3 is 2.62 bits per heavy atom. The fourth-order valence-corrected chi connectivity index (χ4v) is 2.70. The summed E-state index contributed by atoms with van der Waals surface area (Å²) in [6, 6.07) is 5.06. The number of nitrogens with one attached hydrogen (secondary N) is 1. The highest BCUT2D eigenvalue weighted by atomic mass is 16.2. The standard InChI is InChI=1S/C16H18N6O2/c1-9-13(11(3)21(4)20-9)14(23)16(24)17-10(2)15-19-18-12-7-5-6-8-22(12)15/h5-8,10H,1-4H3,(H,17,24). The van der Waals surface area contributed by atoms with E-state index >= 15 is 0 Å². The number of pyridine rings is 1. The van der Waals surface area contributed by atoms with Crippen LogP contribution in [0.25, 0.3) is 5.65 Å². The van der Waals surface area contributed by atoms with Crippen LogP contribution in [0.1, 0.15) is 40.5 Å². The van der Waals surface area contributed by atoms with Crippen molar-refractivity contribution in [1.82, 2.24) is 29.7 Å². The van der Waals surface area contributed by atoms with E-state index in [9.17, 15) is 9.59 Å². The van der Waals surface area contributed by atoms with Gasteiger partial charge in [0.25, 0.3) is 11.7 Å². The topological polar surface area (TPSA) is 94.2 Å². The smallest absolute Gasteiger partial charge is 0.293 e. The Bertz CT molecular complexity index is 939. The number of Topliss-reactive ketones (excluding diaryl/α,β-unsaturated/α-hetero) is 1. The van der Waals surface area contributed by atoms with Gasteiger partial charge in [-0.2, -0.15) is 5.10 Å². The fraction of sp³-hybridized carbons (Fsp3) is 0.312. The van der Waals surface area contributed by atoms with E-state index in [4.69, 9.17) is 0 Å². The Kier molecular flexibility index (Phi) is 3.88. The molecule has 124 valence electrons. The summed E-state index contributed by atoms with van der Waals surface area (Å²) in [6.45, 7) is 5.23. The molecule has 1 amide bonds. The van der Waals surface area contributed by atoms with E-state index in [1.807, 2.05) is 24.4 Å². The van der Waals surface area contributed by atoms with Crippen molar-refractivity contribution in [2.45, 2.75) is 26.8 Å². The van der Waals surface area contributed by atoms with Gasteiger partial charge in [0.1, 0.15) is 0 Å². The SMILES string of the molecule is Cc1nn(C)c(C)c1C(=O)C(=O)NC(C)c1nnc2ccccn12. The molecule has 3 heterocycles. The van der Waals surface area contributed by atoms with E-state index < -0.39 is 17.7 Å². The molecule has 3 aromatic heterocycles. The maximum Gasteiger partial charge on any atom is 0.293 e. The second-order valence-electron chi connectivity index (χ2n) is 5.68. The zero-order valence-electron chi connectivity index (χ0n) is 13.9. The number of carbonyl (C=O) groups excluding carboxylic acids is 2. The first kappa shape index (κ1) is 15.9. The Balaban J connectivity index is 1.82. The summed E-state index contributed by atoms with van der Waals surface area (Å²) in [7, 11) is 1.74. The first-order valence-corrected chi connectivity index (χ1v) is 7.55. The summed E-state index contributed by atoms with van der Waals surface area (Å²) in [5, 5.41) is 15.0. The van der Waals surface area contributed by atoms with Gasteiger partial charge in [-0.05, 0) is 32.9 Å². The maximum atomic E-state index is 12.5. The molecule has 0 aliphatic carbocycles. The van der Waals surface area contributed by atoms with Crippen LogP contribution < -0.4 is 5.32 Å². The highest BCUT2D eigenvalue weighted by Gasteiger charge is 2.26. The van der Waals surface area contributed by atoms with Crippen molar-refractivity contribution in [2.24, 2.45) is 7.05 Å². The summed E-state index contributed by atoms with van der Waals surface area (Å²) in [5.74, 6) is -0.723. The molecule has 0 aromatic carbocycles. The molecule has 8 heteroatoms. The molecule has 24 heavy (non-hydrogen) atoms. The second kappa shape index (κ2) is 5.88. The molecule has 1 unspecified atom stereocenters. The molecule has 3 rings (SSSR count). The molecular formula is C16H18N6O2. The summed E-state index contributed by atoms with van der Waals surface area (Å²) in [4.78, 5) is 24.8. The average molecular weight is 326 g/mol. The third-order valence-electron chi connectivity index (χ3n) is 4.02. The van der Waals surface area contributed by atoms with Crippen molar-refractivity contribution in [2.75, 3.05) is 0 Å². The molecular weight excluding hydrogens is 308 g/mol. The van der Waals surface area contributed by atoms with Crippen LogP contribution in [0.5, 0.6) is 0 Å². The van der Waals surface area contributed by atoms with Crippen molar-refractivity contribution in [1.29, 1.82) is 0 Å². The fourth-order valence-electron chi connectivity index (χ4n) is 2.70. The number of hydrogen-bond acceptors (Lipinski definition) is 5. The van der Waals surface area contributed by atoms with Crippen LogP contribution in [0.3, 0.4) is 0 Å². The first-order valence-electron chi connectivity index (χ1n) is 7.55. The lowest BCUT2D eigenvalue weighted by Gasteiger charge is -2.11. The van der Waals surface area contributed by atoms with E-state index in [-0.39, 0.29) is 0 Å². The highest BCUT2D eigenvalue weighted by molar-refractivity contribution is 6.43. The van der Waals surface area contributed by atoms with E-state index in [2.05, 4.69) is 20.6 Å². The van der Waals surface area contributed by atoms with E-state index in [1.165, 1.54) is 0 Å². The Labute approximate surface area is 138 Å². The zero-order valence-corrected chi connectivity index (χ0v) is 13.9. The molecule has 0 saturated heterocycles. The first-order chi connectivity index (χ1) is 11.4. The number of amides is 1. The Morgan fingerprint density at radius 1 is 1.21 bits per heavy atom. The van der Waals surface area contributed by atoms with E-state index in [1.54, 1.807) is 36.9 Å². The quantitative estimate of drug-likeness (QED) is 0.573. The third-order valence-corrected chi connectivity index (χ3v) is 4.02. The second-order valence-corrected chi connectivity index (χ2v) is 5.68. The Morgan fingerprint density at radius 2 is 1.96 bits per heavy atom. The Hall–Kier alpha value is -3.03. The van der Waals surface area contributed by atoms with Crippen LogP contribution in [-0.2, 0) is 11.8 Å². The van der Waals surface area contributed by atoms with Gasteiger partial charge in [-0.3, -0.25) is 18.7 Å². The number of rotatable bonds is 4. The zero-order chi connectivity index (χ0) is 17.4. The monoisotopic (exact) mass is 326 g/mol. The average Bonchev–Trinajstić information content (AvgIpc) is 3.08. The molecule has 3 aromatic rings. The van der Waals surface area contributed by atoms with Gasteiger partial charge >= 0.3 is 0 Å². The van der Waals surface area contributed by atoms with Crippen LogP contribution in [0, 0.1) is 13.8 Å². The number of nitrogens with zero attached hydrogens (tertiary/aromatic N) is 5. The van der Waals surface area contributed by atoms with E-state index in [0.717, 1.165) is 0 Å². The molecule has 1 atom stereocenters. The van der Waals surface area contributed by atoms with Crippen molar-refractivity contribution in [3.8, 4) is 0 Å². The molecule has 0 aliphatic rings. The minimum Gasteiger partial charge on any atom is -0.339 e. The predicted molar refractivity (Wildman–Crippen MR) is 86.6 cm³/mol. The van der Waals surface area contributed by atoms with Crippen LogP contribution in [-0.4, -0.2) is 36.1 Å². The lowest BCUT2D eigenvalue weighted by Crippen LogP contribution is -2.34. The number of fused-ring (bicyclic) bond motifs is 1. The number of hydrogen-bond donors (Lipinski definition) is 1. The largest absolute Gasteiger partial charge is 0.339 e. The van der Waals surface area contributed by atoms with Crippen molar-refractivity contribution < 1.29 is 9.59 Å². The van der Waals surface area contributed by atoms with Crippen LogP contribution >= 0.6 is 0 Å². The molecule has 1 N–H and O–H groups in total. The van der Waals surface area contributed by atoms with Gasteiger partial charge in [0.2, 0.25) is 0 Å². The van der Waals surface area contributed by atoms with Gasteiger partial charge in [0.05, 0.1) is 17.3 Å². The number of aryl methyl sites for hydroxylation is 2. The number of carbonyl (C=O) groups is 2. The lowest BCUT2D eigenvalue weighted by atomic mass is 10.1. The van der Waals surface area contributed by atoms with Gasteiger partial charge in [-0.25, -0.2) is 0 Å². The molecule has 0 aliphatic heterocycles. The van der Waals surface area contributed by atoms with Crippen molar-refractivity contribution in [3.63, 3.8) is 0 Å². The molecule has 0 saturated carbocycles. The highest BCUT2D eigenvalue weighted by Crippen LogP contribution is 2.15. The molecule has 0 fully saturated rings. The van der Waals surface area contributed by atoms with Gasteiger partial charge in [-0.1, -0.05) is 6.07 Å². The minimum absolute atomic E-state index is 0.341. The van der Waals surface area contributed by atoms with Gasteiger partial charge in [0.15, 0.2) is 11.5 Å². The summed E-state index contributed by atoms with van der Waals surface area (Å²) < 4.78 is 3.36. The third kappa shape index (κ3) is 2.55. The summed E-state index contributed by atoms with van der Waals surface area (Å²) >= 11 is 0.